The minimum Gasteiger partial charge on any atom is -1.00 e. The Morgan fingerprint density at radius 3 is 2.25 bits per heavy atom. The van der Waals surface area contributed by atoms with Crippen LogP contribution in [0.15, 0.2) is 6.20 Å². The molecule has 2 aliphatic heterocycles. The lowest BCUT2D eigenvalue weighted by atomic mass is 10.0. The molecule has 51 heavy (non-hydrogen) atoms. The van der Waals surface area contributed by atoms with Crippen molar-refractivity contribution in [1.82, 2.24) is 34.8 Å². The summed E-state index contributed by atoms with van der Waals surface area (Å²) < 4.78 is 23.6. The molecule has 2 aliphatic rings. The van der Waals surface area contributed by atoms with E-state index in [1.54, 1.807) is 4.68 Å². The molecule has 17 nitrogen and oxygen atoms in total. The average molecular weight is 736 g/mol. The third-order valence-electron chi connectivity index (χ3n) is 8.41. The van der Waals surface area contributed by atoms with Crippen molar-refractivity contribution < 1.29 is 36.1 Å². The summed E-state index contributed by atoms with van der Waals surface area (Å²) in [5.74, 6) is 4.50. The van der Waals surface area contributed by atoms with E-state index in [-0.39, 0.29) is 31.0 Å². The molecule has 0 aliphatic carbocycles. The Morgan fingerprint density at radius 1 is 0.961 bits per heavy atom. The number of anilines is 3. The molecule has 2 saturated heterocycles. The first-order chi connectivity index (χ1) is 24.4. The Labute approximate surface area is 307 Å². The number of terminal acetylenes is 1. The molecule has 0 aromatic carbocycles. The van der Waals surface area contributed by atoms with Crippen LogP contribution in [0.25, 0.3) is 0 Å². The second-order valence-electron chi connectivity index (χ2n) is 12.7. The number of unbranched alkanes of at least 4 members (excludes halogenated alkanes) is 1. The fourth-order valence-corrected chi connectivity index (χ4v) is 5.71. The topological polar surface area (TPSA) is 197 Å². The average Bonchev–Trinajstić information content (AvgIpc) is 3.63. The molecule has 2 unspecified atom stereocenters. The van der Waals surface area contributed by atoms with Crippen LogP contribution in [0.1, 0.15) is 57.3 Å². The number of hydrogen-bond donors (Lipinski definition) is 3. The normalized spacial score (nSPS) is 16.1. The summed E-state index contributed by atoms with van der Waals surface area (Å²) in [5, 5.41) is 12.0. The number of nitrogens with one attached hydrogen (secondary N) is 1. The highest BCUT2D eigenvalue weighted by atomic mass is 35.5. The van der Waals surface area contributed by atoms with Crippen LogP contribution in [0.3, 0.4) is 0 Å². The van der Waals surface area contributed by atoms with E-state index in [1.165, 1.54) is 0 Å². The third kappa shape index (κ3) is 13.9. The van der Waals surface area contributed by atoms with Crippen molar-refractivity contribution in [3.05, 3.63) is 11.9 Å². The van der Waals surface area contributed by atoms with Gasteiger partial charge in [0.05, 0.1) is 64.2 Å². The molecular weight excluding hydrogens is 680 g/mol. The van der Waals surface area contributed by atoms with Crippen LogP contribution in [0.4, 0.5) is 17.8 Å². The Hall–Kier alpha value is -3.37. The van der Waals surface area contributed by atoms with E-state index in [9.17, 15) is 4.79 Å². The number of amides is 1. The van der Waals surface area contributed by atoms with Gasteiger partial charge in [0.15, 0.2) is 0 Å². The van der Waals surface area contributed by atoms with Gasteiger partial charge in [-0.3, -0.25) is 4.79 Å². The van der Waals surface area contributed by atoms with Gasteiger partial charge in [-0.25, -0.2) is 4.68 Å². The van der Waals surface area contributed by atoms with Crippen molar-refractivity contribution in [3.63, 3.8) is 0 Å². The van der Waals surface area contributed by atoms with Crippen molar-refractivity contribution in [2.45, 2.75) is 51.6 Å². The zero-order valence-electron chi connectivity index (χ0n) is 30.1. The maximum atomic E-state index is 13.9. The molecule has 0 saturated carbocycles. The summed E-state index contributed by atoms with van der Waals surface area (Å²) in [4.78, 5) is 34.3. The van der Waals surface area contributed by atoms with Crippen molar-refractivity contribution in [1.29, 1.82) is 0 Å². The molecule has 2 fully saturated rings. The second-order valence-corrected chi connectivity index (χ2v) is 12.7. The van der Waals surface area contributed by atoms with Gasteiger partial charge in [-0.2, -0.15) is 15.0 Å². The highest BCUT2D eigenvalue weighted by molar-refractivity contribution is 5.80. The fourth-order valence-electron chi connectivity index (χ4n) is 5.71. The monoisotopic (exact) mass is 735 g/mol. The van der Waals surface area contributed by atoms with Crippen LogP contribution in [0.2, 0.25) is 0 Å². The molecule has 1 amide bonds. The molecule has 2 atom stereocenters. The minimum absolute atomic E-state index is 0. The van der Waals surface area contributed by atoms with Gasteiger partial charge in [0, 0.05) is 45.8 Å². The lowest BCUT2D eigenvalue weighted by Gasteiger charge is -2.36. The molecule has 5 N–H and O–H groups in total. The number of piperazine rings is 1. The fraction of sp³-hybridized carbons (Fsp3) is 0.758. The predicted octanol–water partition coefficient (Wildman–Crippen LogP) is -2.54. The van der Waals surface area contributed by atoms with E-state index in [1.807, 2.05) is 11.1 Å². The highest BCUT2D eigenvalue weighted by Gasteiger charge is 2.31. The quantitative estimate of drug-likeness (QED) is 0.0845. The molecule has 4 heterocycles. The number of carbonyl (C=O) groups is 1. The SMILES string of the molecule is C#CCOCCOCCOCCNc1nc(N2CCOCC2)nc(N2CCN(C(=O)C(CCCCN)n3cc(C(N)CC(C)C)nn3)CC2)n1.[Cl-]. The third-order valence-corrected chi connectivity index (χ3v) is 8.41. The number of morpholine rings is 1. The van der Waals surface area contributed by atoms with Crippen LogP contribution in [0.5, 0.6) is 0 Å². The number of nitrogens with two attached hydrogens (primary N) is 2. The maximum Gasteiger partial charge on any atom is 0.247 e. The largest absolute Gasteiger partial charge is 1.00 e. The Balaban J connectivity index is 0.00000702. The van der Waals surface area contributed by atoms with E-state index >= 15 is 0 Å². The van der Waals surface area contributed by atoms with Gasteiger partial charge in [-0.05, 0) is 38.1 Å². The Bertz CT molecular complexity index is 1320. The van der Waals surface area contributed by atoms with Crippen LogP contribution >= 0.6 is 0 Å². The summed E-state index contributed by atoms with van der Waals surface area (Å²) >= 11 is 0. The Morgan fingerprint density at radius 2 is 1.61 bits per heavy atom. The van der Waals surface area contributed by atoms with E-state index in [2.05, 4.69) is 45.2 Å². The van der Waals surface area contributed by atoms with Crippen molar-refractivity contribution >= 4 is 23.8 Å². The minimum atomic E-state index is -0.469. The number of hydrogen-bond acceptors (Lipinski definition) is 15. The van der Waals surface area contributed by atoms with Crippen LogP contribution in [-0.4, -0.2) is 146 Å². The number of halogens is 1. The number of carbonyl (C=O) groups excluding carboxylic acids is 1. The molecule has 286 valence electrons. The first-order valence-electron chi connectivity index (χ1n) is 17.8. The number of ether oxygens (including phenoxy) is 4. The number of aromatic nitrogens is 6. The second kappa shape index (κ2) is 23.2. The van der Waals surface area contributed by atoms with Crippen LogP contribution < -0.4 is 39.0 Å². The smallest absolute Gasteiger partial charge is 0.247 e. The summed E-state index contributed by atoms with van der Waals surface area (Å²) in [5.41, 5.74) is 12.9. The van der Waals surface area contributed by atoms with E-state index < -0.39 is 6.04 Å². The highest BCUT2D eigenvalue weighted by Crippen LogP contribution is 2.24. The van der Waals surface area contributed by atoms with E-state index in [0.717, 1.165) is 19.3 Å². The standard InChI is InChI=1S/C33H56N12O5.ClH/c1-4-16-47-20-22-50-23-21-48-17-9-36-31-37-32(39-33(38-31)44-14-18-49-19-15-44)43-12-10-42(11-13-43)30(46)29(7-5-6-8-34)45-25-28(40-41-45)27(35)24-26(2)3;/h1,25-27,29H,5-24,34-35H2,2-3H3,(H,36,37,38,39);1H/p-1. The zero-order chi connectivity index (χ0) is 35.6. The lowest BCUT2D eigenvalue weighted by Crippen LogP contribution is -3.00. The number of nitrogens with zero attached hydrogens (tertiary/aromatic N) is 9. The van der Waals surface area contributed by atoms with Crippen LogP contribution in [-0.2, 0) is 23.7 Å². The van der Waals surface area contributed by atoms with Gasteiger partial charge >= 0.3 is 0 Å². The van der Waals surface area contributed by atoms with Crippen molar-refractivity contribution in [3.8, 4) is 12.3 Å². The molecule has 0 spiro atoms. The molecule has 2 aromatic heterocycles. The van der Waals surface area contributed by atoms with Gasteiger partial charge in [0.2, 0.25) is 23.8 Å². The molecule has 2 aromatic rings. The first kappa shape index (κ1) is 42.0. The molecule has 0 bridgehead atoms. The maximum absolute atomic E-state index is 13.9. The molecule has 0 radical (unpaired) electrons. The van der Waals surface area contributed by atoms with Gasteiger partial charge in [0.25, 0.3) is 0 Å². The van der Waals surface area contributed by atoms with Crippen molar-refractivity contribution in [2.24, 2.45) is 17.4 Å². The summed E-state index contributed by atoms with van der Waals surface area (Å²) in [6.07, 6.45) is 10.1. The molecule has 4 rings (SSSR count). The molecule has 18 heteroatoms. The number of rotatable bonds is 22. The van der Waals surface area contributed by atoms with Gasteiger partial charge in [-0.1, -0.05) is 25.0 Å². The zero-order valence-corrected chi connectivity index (χ0v) is 30.9. The predicted molar refractivity (Wildman–Crippen MR) is 190 cm³/mol. The Kier molecular flexibility index (Phi) is 19.2. The van der Waals surface area contributed by atoms with Gasteiger partial charge < -0.3 is 62.8 Å². The summed E-state index contributed by atoms with van der Waals surface area (Å²) in [6, 6.07) is -0.694. The van der Waals surface area contributed by atoms with Gasteiger partial charge in [-0.15, -0.1) is 11.5 Å². The summed E-state index contributed by atoms with van der Waals surface area (Å²) in [7, 11) is 0. The first-order valence-corrected chi connectivity index (χ1v) is 17.8. The summed E-state index contributed by atoms with van der Waals surface area (Å²) in [6.45, 7) is 12.7. The van der Waals surface area contributed by atoms with Gasteiger partial charge in [0.1, 0.15) is 12.6 Å². The van der Waals surface area contributed by atoms with E-state index in [4.69, 9.17) is 51.8 Å². The van der Waals surface area contributed by atoms with Crippen LogP contribution in [0, 0.1) is 18.3 Å². The van der Waals surface area contributed by atoms with E-state index in [0.29, 0.717) is 134 Å². The van der Waals surface area contributed by atoms with Crippen molar-refractivity contribution in [2.75, 3.05) is 120 Å². The molecular formula is C33H56ClN12O5-. The lowest BCUT2D eigenvalue weighted by molar-refractivity contribution is -0.135.